The highest BCUT2D eigenvalue weighted by Gasteiger charge is 2.12. The number of anilines is 1. The molecule has 0 amide bonds. The Balaban J connectivity index is 2.11. The van der Waals surface area contributed by atoms with Gasteiger partial charge in [0.25, 0.3) is 0 Å². The van der Waals surface area contributed by atoms with Gasteiger partial charge < -0.3 is 10.5 Å². The maximum Gasteiger partial charge on any atom is 0.338 e. The zero-order chi connectivity index (χ0) is 15.4. The fourth-order valence-electron chi connectivity index (χ4n) is 2.01. The van der Waals surface area contributed by atoms with Crippen molar-refractivity contribution in [2.45, 2.75) is 20.5 Å². The lowest BCUT2D eigenvalue weighted by atomic mass is 10.1. The molecule has 4 heteroatoms. The Labute approximate surface area is 123 Å². The molecule has 4 nitrogen and oxygen atoms in total. The number of nitrogen functional groups attached to an aromatic ring is 1. The van der Waals surface area contributed by atoms with Gasteiger partial charge >= 0.3 is 5.97 Å². The molecule has 0 radical (unpaired) electrons. The number of hydrogen-bond donors (Lipinski definition) is 1. The van der Waals surface area contributed by atoms with Crippen LogP contribution >= 0.6 is 0 Å². The summed E-state index contributed by atoms with van der Waals surface area (Å²) in [5, 5.41) is 8.83. The summed E-state index contributed by atoms with van der Waals surface area (Å²) in [7, 11) is 0. The third kappa shape index (κ3) is 3.40. The lowest BCUT2D eigenvalue weighted by Crippen LogP contribution is -2.08. The number of aryl methyl sites for hydroxylation is 2. The SMILES string of the molecule is Cc1cc(C#N)ccc1COC(=O)c1cc(N)ccc1C. The second-order valence-electron chi connectivity index (χ2n) is 4.90. The molecule has 0 spiro atoms. The summed E-state index contributed by atoms with van der Waals surface area (Å²) in [5.74, 6) is -0.399. The molecule has 0 saturated heterocycles. The average Bonchev–Trinajstić information content (AvgIpc) is 2.48. The first-order valence-corrected chi connectivity index (χ1v) is 6.54. The highest BCUT2D eigenvalue weighted by Crippen LogP contribution is 2.16. The summed E-state index contributed by atoms with van der Waals surface area (Å²) < 4.78 is 5.33. The highest BCUT2D eigenvalue weighted by molar-refractivity contribution is 5.92. The van der Waals surface area contributed by atoms with E-state index in [9.17, 15) is 4.79 Å². The number of nitrogens with zero attached hydrogens (tertiary/aromatic N) is 1. The Morgan fingerprint density at radius 1 is 1.19 bits per heavy atom. The van der Waals surface area contributed by atoms with Crippen LogP contribution in [0.25, 0.3) is 0 Å². The molecule has 21 heavy (non-hydrogen) atoms. The molecule has 0 unspecified atom stereocenters. The van der Waals surface area contributed by atoms with E-state index < -0.39 is 5.97 Å². The van der Waals surface area contributed by atoms with Crippen molar-refractivity contribution in [2.24, 2.45) is 0 Å². The normalized spacial score (nSPS) is 9.95. The summed E-state index contributed by atoms with van der Waals surface area (Å²) in [6.45, 7) is 3.89. The van der Waals surface area contributed by atoms with Crippen LogP contribution in [-0.4, -0.2) is 5.97 Å². The van der Waals surface area contributed by atoms with Gasteiger partial charge in [-0.15, -0.1) is 0 Å². The van der Waals surface area contributed by atoms with Gasteiger partial charge in [0.15, 0.2) is 0 Å². The Morgan fingerprint density at radius 3 is 2.62 bits per heavy atom. The Bertz CT molecular complexity index is 730. The first kappa shape index (κ1) is 14.6. The lowest BCUT2D eigenvalue weighted by Gasteiger charge is -2.10. The molecule has 0 heterocycles. The van der Waals surface area contributed by atoms with E-state index in [1.807, 2.05) is 13.8 Å². The summed E-state index contributed by atoms with van der Waals surface area (Å²) in [5.41, 5.74) is 9.91. The Kier molecular flexibility index (Phi) is 4.24. The number of carbonyl (C=O) groups excluding carboxylic acids is 1. The van der Waals surface area contributed by atoms with E-state index in [-0.39, 0.29) is 6.61 Å². The molecular formula is C17H16N2O2. The molecule has 2 aromatic rings. The maximum absolute atomic E-state index is 12.1. The molecule has 2 N–H and O–H groups in total. The minimum absolute atomic E-state index is 0.171. The highest BCUT2D eigenvalue weighted by atomic mass is 16.5. The van der Waals surface area contributed by atoms with Crippen LogP contribution in [0.1, 0.15) is 32.6 Å². The second-order valence-corrected chi connectivity index (χ2v) is 4.90. The molecule has 0 atom stereocenters. The third-order valence-electron chi connectivity index (χ3n) is 3.31. The van der Waals surface area contributed by atoms with Crippen molar-refractivity contribution in [1.29, 1.82) is 5.26 Å². The first-order chi connectivity index (χ1) is 10.0. The van der Waals surface area contributed by atoms with Crippen LogP contribution in [-0.2, 0) is 11.3 Å². The molecule has 0 fully saturated rings. The predicted molar refractivity (Wildman–Crippen MR) is 80.6 cm³/mol. The van der Waals surface area contributed by atoms with Gasteiger partial charge in [0.05, 0.1) is 17.2 Å². The number of benzene rings is 2. The number of hydrogen-bond acceptors (Lipinski definition) is 4. The van der Waals surface area contributed by atoms with Crippen LogP contribution in [0.15, 0.2) is 36.4 Å². The zero-order valence-electron chi connectivity index (χ0n) is 12.0. The molecule has 2 rings (SSSR count). The molecule has 0 aliphatic rings. The Morgan fingerprint density at radius 2 is 1.95 bits per heavy atom. The van der Waals surface area contributed by atoms with Crippen molar-refractivity contribution in [3.63, 3.8) is 0 Å². The fourth-order valence-corrected chi connectivity index (χ4v) is 2.01. The molecule has 2 aromatic carbocycles. The summed E-state index contributed by atoms with van der Waals surface area (Å²) in [4.78, 5) is 12.1. The van der Waals surface area contributed by atoms with Crippen molar-refractivity contribution in [3.8, 4) is 6.07 Å². The monoisotopic (exact) mass is 280 g/mol. The number of carbonyl (C=O) groups is 1. The minimum atomic E-state index is -0.399. The van der Waals surface area contributed by atoms with Crippen molar-refractivity contribution < 1.29 is 9.53 Å². The standard InChI is InChI=1S/C17H16N2O2/c1-11-3-6-15(19)8-16(11)17(20)21-10-14-5-4-13(9-18)7-12(14)2/h3-8H,10,19H2,1-2H3. The maximum atomic E-state index is 12.1. The van der Waals surface area contributed by atoms with E-state index >= 15 is 0 Å². The van der Waals surface area contributed by atoms with Crippen molar-refractivity contribution >= 4 is 11.7 Å². The molecular weight excluding hydrogens is 264 g/mol. The number of nitrogens with two attached hydrogens (primary N) is 1. The van der Waals surface area contributed by atoms with Gasteiger partial charge in [0, 0.05) is 5.69 Å². The fraction of sp³-hybridized carbons (Fsp3) is 0.176. The minimum Gasteiger partial charge on any atom is -0.457 e. The van der Waals surface area contributed by atoms with Crippen LogP contribution in [0.2, 0.25) is 0 Å². The second kappa shape index (κ2) is 6.10. The van der Waals surface area contributed by atoms with Crippen molar-refractivity contribution in [2.75, 3.05) is 5.73 Å². The van der Waals surface area contributed by atoms with E-state index in [0.29, 0.717) is 16.8 Å². The van der Waals surface area contributed by atoms with E-state index in [4.69, 9.17) is 15.7 Å². The van der Waals surface area contributed by atoms with Crippen molar-refractivity contribution in [3.05, 3.63) is 64.2 Å². The lowest BCUT2D eigenvalue weighted by molar-refractivity contribution is 0.0471. The smallest absolute Gasteiger partial charge is 0.338 e. The molecule has 0 saturated carbocycles. The van der Waals surface area contributed by atoms with Crippen LogP contribution in [0, 0.1) is 25.2 Å². The van der Waals surface area contributed by atoms with Crippen LogP contribution in [0.3, 0.4) is 0 Å². The van der Waals surface area contributed by atoms with Crippen LogP contribution in [0.4, 0.5) is 5.69 Å². The Hall–Kier alpha value is -2.80. The molecule has 0 aromatic heterocycles. The van der Waals surface area contributed by atoms with Gasteiger partial charge in [-0.2, -0.15) is 5.26 Å². The molecule has 0 aliphatic carbocycles. The third-order valence-corrected chi connectivity index (χ3v) is 3.31. The quantitative estimate of drug-likeness (QED) is 0.692. The number of esters is 1. The molecule has 106 valence electrons. The average molecular weight is 280 g/mol. The van der Waals surface area contributed by atoms with Gasteiger partial charge in [-0.1, -0.05) is 12.1 Å². The van der Waals surface area contributed by atoms with E-state index in [0.717, 1.165) is 16.7 Å². The number of rotatable bonds is 3. The van der Waals surface area contributed by atoms with Crippen molar-refractivity contribution in [1.82, 2.24) is 0 Å². The van der Waals surface area contributed by atoms with Gasteiger partial charge in [0.2, 0.25) is 0 Å². The van der Waals surface area contributed by atoms with Gasteiger partial charge in [-0.3, -0.25) is 0 Å². The van der Waals surface area contributed by atoms with E-state index in [2.05, 4.69) is 6.07 Å². The number of ether oxygens (including phenoxy) is 1. The zero-order valence-corrected chi connectivity index (χ0v) is 12.0. The van der Waals surface area contributed by atoms with Gasteiger partial charge in [-0.25, -0.2) is 4.79 Å². The summed E-state index contributed by atoms with van der Waals surface area (Å²) in [6, 6.07) is 12.5. The molecule has 0 aliphatic heterocycles. The predicted octanol–water partition coefficient (Wildman–Crippen LogP) is 3.11. The van der Waals surface area contributed by atoms with Gasteiger partial charge in [0.1, 0.15) is 6.61 Å². The number of nitriles is 1. The van der Waals surface area contributed by atoms with Crippen LogP contribution < -0.4 is 5.73 Å². The first-order valence-electron chi connectivity index (χ1n) is 6.54. The molecule has 0 bridgehead atoms. The van der Waals surface area contributed by atoms with Crippen LogP contribution in [0.5, 0.6) is 0 Å². The largest absolute Gasteiger partial charge is 0.457 e. The summed E-state index contributed by atoms with van der Waals surface area (Å²) in [6.07, 6.45) is 0. The summed E-state index contributed by atoms with van der Waals surface area (Å²) >= 11 is 0. The topological polar surface area (TPSA) is 76.1 Å². The van der Waals surface area contributed by atoms with E-state index in [1.165, 1.54) is 0 Å². The van der Waals surface area contributed by atoms with Gasteiger partial charge in [-0.05, 0) is 54.8 Å². The van der Waals surface area contributed by atoms with E-state index in [1.54, 1.807) is 36.4 Å².